The molecule has 1 aromatic rings. The normalized spacial score (nSPS) is 12.0. The molecule has 0 spiro atoms. The van der Waals surface area contributed by atoms with Crippen LogP contribution in [-0.2, 0) is 0 Å². The van der Waals surface area contributed by atoms with Crippen LogP contribution in [0.1, 0.15) is 32.9 Å². The van der Waals surface area contributed by atoms with Gasteiger partial charge < -0.3 is 10.1 Å². The Bertz CT molecular complexity index is 369. The molecule has 0 aliphatic heterocycles. The molecule has 1 aromatic heterocycles. The summed E-state index contributed by atoms with van der Waals surface area (Å²) in [4.78, 5) is 8.28. The van der Waals surface area contributed by atoms with E-state index in [1.54, 1.807) is 19.5 Å². The van der Waals surface area contributed by atoms with E-state index in [0.717, 1.165) is 18.7 Å². The van der Waals surface area contributed by atoms with Gasteiger partial charge in [0.05, 0.1) is 7.11 Å². The first-order chi connectivity index (χ1) is 8.03. The summed E-state index contributed by atoms with van der Waals surface area (Å²) in [7, 11) is 1.60. The molecule has 4 heteroatoms. The first kappa shape index (κ1) is 13.6. The van der Waals surface area contributed by atoms with E-state index in [1.165, 1.54) is 0 Å². The summed E-state index contributed by atoms with van der Waals surface area (Å²) < 4.78 is 5.12. The highest BCUT2D eigenvalue weighted by Crippen LogP contribution is 2.12. The van der Waals surface area contributed by atoms with Crippen LogP contribution in [0.2, 0.25) is 0 Å². The lowest BCUT2D eigenvalue weighted by Crippen LogP contribution is -2.36. The Kier molecular flexibility index (Phi) is 5.10. The SMILES string of the molecule is COc1nccnc1/C=C/CCNC(C)(C)C. The highest BCUT2D eigenvalue weighted by atomic mass is 16.5. The fourth-order valence-electron chi connectivity index (χ4n) is 1.33. The van der Waals surface area contributed by atoms with Gasteiger partial charge in [-0.1, -0.05) is 6.08 Å². The lowest BCUT2D eigenvalue weighted by atomic mass is 10.1. The van der Waals surface area contributed by atoms with Crippen molar-refractivity contribution in [1.82, 2.24) is 15.3 Å². The van der Waals surface area contributed by atoms with Crippen LogP contribution in [0.5, 0.6) is 5.88 Å². The van der Waals surface area contributed by atoms with Crippen molar-refractivity contribution in [3.05, 3.63) is 24.2 Å². The topological polar surface area (TPSA) is 47.0 Å². The number of aromatic nitrogens is 2. The van der Waals surface area contributed by atoms with Crippen molar-refractivity contribution in [2.75, 3.05) is 13.7 Å². The quantitative estimate of drug-likeness (QED) is 0.795. The van der Waals surface area contributed by atoms with Gasteiger partial charge in [-0.2, -0.15) is 0 Å². The van der Waals surface area contributed by atoms with Crippen molar-refractivity contribution < 1.29 is 4.74 Å². The molecule has 0 saturated heterocycles. The van der Waals surface area contributed by atoms with E-state index in [0.29, 0.717) is 5.88 Å². The van der Waals surface area contributed by atoms with Gasteiger partial charge in [0.2, 0.25) is 5.88 Å². The predicted molar refractivity (Wildman–Crippen MR) is 70.0 cm³/mol. The molecule has 0 saturated carbocycles. The summed E-state index contributed by atoms with van der Waals surface area (Å²) in [6, 6.07) is 0. The Labute approximate surface area is 103 Å². The maximum Gasteiger partial charge on any atom is 0.239 e. The minimum absolute atomic E-state index is 0.165. The standard InChI is InChI=1S/C13H21N3O/c1-13(2,3)16-8-6-5-7-11-12(17-4)15-10-9-14-11/h5,7,9-10,16H,6,8H2,1-4H3/b7-5+. The van der Waals surface area contributed by atoms with Crippen molar-refractivity contribution in [2.45, 2.75) is 32.7 Å². The summed E-state index contributed by atoms with van der Waals surface area (Å²) in [5.74, 6) is 0.563. The Morgan fingerprint density at radius 1 is 1.29 bits per heavy atom. The highest BCUT2D eigenvalue weighted by molar-refractivity contribution is 5.49. The Hall–Kier alpha value is -1.42. The molecule has 0 aliphatic carbocycles. The Morgan fingerprint density at radius 2 is 2.00 bits per heavy atom. The Morgan fingerprint density at radius 3 is 2.65 bits per heavy atom. The zero-order chi connectivity index (χ0) is 12.7. The third-order valence-electron chi connectivity index (χ3n) is 2.13. The van der Waals surface area contributed by atoms with Gasteiger partial charge in [0.1, 0.15) is 5.69 Å². The zero-order valence-electron chi connectivity index (χ0n) is 11.0. The molecular weight excluding hydrogens is 214 g/mol. The predicted octanol–water partition coefficient (Wildman–Crippen LogP) is 2.28. The summed E-state index contributed by atoms with van der Waals surface area (Å²) in [6.45, 7) is 7.41. The molecule has 0 amide bonds. The van der Waals surface area contributed by atoms with Crippen molar-refractivity contribution in [1.29, 1.82) is 0 Å². The molecule has 0 atom stereocenters. The second-order valence-electron chi connectivity index (χ2n) is 4.82. The second-order valence-corrected chi connectivity index (χ2v) is 4.82. The summed E-state index contributed by atoms with van der Waals surface area (Å²) in [6.07, 6.45) is 8.26. The van der Waals surface area contributed by atoms with E-state index in [-0.39, 0.29) is 5.54 Å². The molecule has 0 radical (unpaired) electrons. The molecule has 0 aromatic carbocycles. The first-order valence-corrected chi connectivity index (χ1v) is 5.79. The molecule has 0 bridgehead atoms. The van der Waals surface area contributed by atoms with Gasteiger partial charge in [0.15, 0.2) is 0 Å². The average Bonchev–Trinajstić information content (AvgIpc) is 2.27. The van der Waals surface area contributed by atoms with Crippen LogP contribution in [-0.4, -0.2) is 29.2 Å². The van der Waals surface area contributed by atoms with Gasteiger partial charge in [-0.05, 0) is 39.8 Å². The van der Waals surface area contributed by atoms with Crippen LogP contribution in [0.15, 0.2) is 18.5 Å². The van der Waals surface area contributed by atoms with E-state index in [9.17, 15) is 0 Å². The third-order valence-corrected chi connectivity index (χ3v) is 2.13. The first-order valence-electron chi connectivity index (χ1n) is 5.79. The van der Waals surface area contributed by atoms with E-state index in [1.807, 2.05) is 6.08 Å². The zero-order valence-corrected chi connectivity index (χ0v) is 11.0. The van der Waals surface area contributed by atoms with Crippen molar-refractivity contribution in [2.24, 2.45) is 0 Å². The lowest BCUT2D eigenvalue weighted by molar-refractivity contribution is 0.394. The molecule has 0 unspecified atom stereocenters. The van der Waals surface area contributed by atoms with Crippen molar-refractivity contribution in [3.8, 4) is 5.88 Å². The Balaban J connectivity index is 2.43. The minimum Gasteiger partial charge on any atom is -0.479 e. The molecule has 1 heterocycles. The number of methoxy groups -OCH3 is 1. The van der Waals surface area contributed by atoms with Gasteiger partial charge in [-0.3, -0.25) is 0 Å². The van der Waals surface area contributed by atoms with Crippen LogP contribution in [0.3, 0.4) is 0 Å². The highest BCUT2D eigenvalue weighted by Gasteiger charge is 2.06. The molecule has 1 rings (SSSR count). The average molecular weight is 235 g/mol. The maximum atomic E-state index is 5.12. The molecule has 94 valence electrons. The fraction of sp³-hybridized carbons (Fsp3) is 0.538. The van der Waals surface area contributed by atoms with Crippen LogP contribution in [0, 0.1) is 0 Å². The van der Waals surface area contributed by atoms with Gasteiger partial charge >= 0.3 is 0 Å². The molecule has 4 nitrogen and oxygen atoms in total. The lowest BCUT2D eigenvalue weighted by Gasteiger charge is -2.19. The number of ether oxygens (including phenoxy) is 1. The summed E-state index contributed by atoms with van der Waals surface area (Å²) in [5, 5.41) is 3.42. The smallest absolute Gasteiger partial charge is 0.239 e. The van der Waals surface area contributed by atoms with Crippen LogP contribution in [0.4, 0.5) is 0 Å². The number of nitrogens with zero attached hydrogens (tertiary/aromatic N) is 2. The fourth-order valence-corrected chi connectivity index (χ4v) is 1.33. The van der Waals surface area contributed by atoms with E-state index in [4.69, 9.17) is 4.74 Å². The number of nitrogens with one attached hydrogen (secondary N) is 1. The van der Waals surface area contributed by atoms with Gasteiger partial charge in [-0.25, -0.2) is 9.97 Å². The van der Waals surface area contributed by atoms with E-state index in [2.05, 4.69) is 42.1 Å². The minimum atomic E-state index is 0.165. The third kappa shape index (κ3) is 5.45. The second kappa shape index (κ2) is 6.35. The molecule has 0 fully saturated rings. The maximum absolute atomic E-state index is 5.12. The number of hydrogen-bond donors (Lipinski definition) is 1. The van der Waals surface area contributed by atoms with Gasteiger partial charge in [0, 0.05) is 17.9 Å². The largest absolute Gasteiger partial charge is 0.479 e. The van der Waals surface area contributed by atoms with E-state index >= 15 is 0 Å². The van der Waals surface area contributed by atoms with Crippen LogP contribution < -0.4 is 10.1 Å². The molecular formula is C13H21N3O. The van der Waals surface area contributed by atoms with E-state index < -0.39 is 0 Å². The monoisotopic (exact) mass is 235 g/mol. The molecule has 0 aliphatic rings. The molecule has 17 heavy (non-hydrogen) atoms. The van der Waals surface area contributed by atoms with Gasteiger partial charge in [-0.15, -0.1) is 0 Å². The van der Waals surface area contributed by atoms with Gasteiger partial charge in [0.25, 0.3) is 0 Å². The van der Waals surface area contributed by atoms with Crippen molar-refractivity contribution in [3.63, 3.8) is 0 Å². The van der Waals surface area contributed by atoms with Crippen LogP contribution in [0.25, 0.3) is 6.08 Å². The summed E-state index contributed by atoms with van der Waals surface area (Å²) >= 11 is 0. The van der Waals surface area contributed by atoms with Crippen molar-refractivity contribution >= 4 is 6.08 Å². The number of rotatable bonds is 5. The number of hydrogen-bond acceptors (Lipinski definition) is 4. The molecule has 1 N–H and O–H groups in total. The summed E-state index contributed by atoms with van der Waals surface area (Å²) in [5.41, 5.74) is 0.934. The van der Waals surface area contributed by atoms with Crippen LogP contribution >= 0.6 is 0 Å².